The van der Waals surface area contributed by atoms with Crippen LogP contribution in [0.5, 0.6) is 5.75 Å². The molecule has 2 aromatic rings. The van der Waals surface area contributed by atoms with Crippen molar-refractivity contribution in [1.29, 1.82) is 0 Å². The summed E-state index contributed by atoms with van der Waals surface area (Å²) in [6.45, 7) is 6.93. The first kappa shape index (κ1) is 16.9. The number of nitrogens with zero attached hydrogens (tertiary/aromatic N) is 4. The van der Waals surface area contributed by atoms with Gasteiger partial charge < -0.3 is 4.74 Å². The van der Waals surface area contributed by atoms with E-state index in [2.05, 4.69) is 34.7 Å². The maximum absolute atomic E-state index is 11.9. The summed E-state index contributed by atoms with van der Waals surface area (Å²) in [6.07, 6.45) is 1.97. The Morgan fingerprint density at radius 2 is 2.04 bits per heavy atom. The summed E-state index contributed by atoms with van der Waals surface area (Å²) < 4.78 is 7.05. The van der Waals surface area contributed by atoms with Crippen molar-refractivity contribution in [1.82, 2.24) is 20.2 Å². The molecule has 0 aliphatic rings. The minimum atomic E-state index is -0.289. The number of hydrogen-bond donors (Lipinski definition) is 1. The average Bonchev–Trinajstić information content (AvgIpc) is 3.00. The molecule has 1 N–H and O–H groups in total. The fraction of sp³-hybridized carbons (Fsp3) is 0.500. The third-order valence-electron chi connectivity index (χ3n) is 3.65. The number of amides is 1. The van der Waals surface area contributed by atoms with E-state index in [1.54, 1.807) is 4.68 Å². The van der Waals surface area contributed by atoms with Gasteiger partial charge in [-0.3, -0.25) is 10.1 Å². The summed E-state index contributed by atoms with van der Waals surface area (Å²) in [5, 5.41) is 13.8. The van der Waals surface area contributed by atoms with E-state index in [0.717, 1.165) is 12.8 Å². The maximum Gasteiger partial charge on any atom is 0.264 e. The Morgan fingerprint density at radius 1 is 1.30 bits per heavy atom. The van der Waals surface area contributed by atoms with Crippen LogP contribution in [0.1, 0.15) is 45.1 Å². The van der Waals surface area contributed by atoms with Crippen LogP contribution in [-0.2, 0) is 11.3 Å². The van der Waals surface area contributed by atoms with E-state index in [9.17, 15) is 4.79 Å². The highest BCUT2D eigenvalue weighted by molar-refractivity contribution is 5.90. The van der Waals surface area contributed by atoms with Crippen LogP contribution in [-0.4, -0.2) is 32.7 Å². The van der Waals surface area contributed by atoms with Gasteiger partial charge in [-0.2, -0.15) is 0 Å². The highest BCUT2D eigenvalue weighted by Gasteiger charge is 2.10. The van der Waals surface area contributed by atoms with Crippen molar-refractivity contribution in [3.63, 3.8) is 0 Å². The molecule has 0 aliphatic heterocycles. The Kier molecular flexibility index (Phi) is 6.08. The Balaban J connectivity index is 1.85. The lowest BCUT2D eigenvalue weighted by molar-refractivity contribution is -0.118. The lowest BCUT2D eigenvalue weighted by atomic mass is 9.99. The SMILES string of the molecule is CCCn1nnnc1NC(=O)COc1ccc(C(C)CC)cc1. The first-order chi connectivity index (χ1) is 11.1. The molecule has 1 unspecified atom stereocenters. The van der Waals surface area contributed by atoms with Crippen molar-refractivity contribution < 1.29 is 9.53 Å². The largest absolute Gasteiger partial charge is 0.484 e. The Hall–Kier alpha value is -2.44. The lowest BCUT2D eigenvalue weighted by Crippen LogP contribution is -2.22. The van der Waals surface area contributed by atoms with Gasteiger partial charge in [0.25, 0.3) is 5.91 Å². The number of carbonyl (C=O) groups is 1. The van der Waals surface area contributed by atoms with Crippen molar-refractivity contribution in [3.8, 4) is 5.75 Å². The van der Waals surface area contributed by atoms with Gasteiger partial charge in [0.15, 0.2) is 6.61 Å². The van der Waals surface area contributed by atoms with E-state index in [1.165, 1.54) is 5.56 Å². The molecule has 0 bridgehead atoms. The van der Waals surface area contributed by atoms with Crippen LogP contribution < -0.4 is 10.1 Å². The molecule has 0 fully saturated rings. The molecule has 23 heavy (non-hydrogen) atoms. The molecule has 0 saturated carbocycles. The number of hydrogen-bond acceptors (Lipinski definition) is 5. The van der Waals surface area contributed by atoms with Gasteiger partial charge >= 0.3 is 0 Å². The van der Waals surface area contributed by atoms with E-state index >= 15 is 0 Å². The summed E-state index contributed by atoms with van der Waals surface area (Å²) in [5.74, 6) is 1.24. The van der Waals surface area contributed by atoms with Gasteiger partial charge in [-0.15, -0.1) is 0 Å². The zero-order valence-electron chi connectivity index (χ0n) is 13.8. The van der Waals surface area contributed by atoms with E-state index in [-0.39, 0.29) is 12.5 Å². The molecule has 124 valence electrons. The Labute approximate surface area is 136 Å². The average molecular weight is 317 g/mol. The summed E-state index contributed by atoms with van der Waals surface area (Å²) >= 11 is 0. The predicted octanol–water partition coefficient (Wildman–Crippen LogP) is 2.61. The lowest BCUT2D eigenvalue weighted by Gasteiger charge is -2.10. The van der Waals surface area contributed by atoms with Crippen molar-refractivity contribution >= 4 is 11.9 Å². The summed E-state index contributed by atoms with van der Waals surface area (Å²) in [5.41, 5.74) is 1.27. The fourth-order valence-electron chi connectivity index (χ4n) is 2.09. The second-order valence-corrected chi connectivity index (χ2v) is 5.44. The molecule has 1 amide bonds. The number of aromatic nitrogens is 4. The van der Waals surface area contributed by atoms with Crippen LogP contribution in [0, 0.1) is 0 Å². The first-order valence-electron chi connectivity index (χ1n) is 7.92. The van der Waals surface area contributed by atoms with Gasteiger partial charge in [0.05, 0.1) is 0 Å². The zero-order chi connectivity index (χ0) is 16.7. The smallest absolute Gasteiger partial charge is 0.264 e. The number of aryl methyl sites for hydroxylation is 1. The van der Waals surface area contributed by atoms with Crippen molar-refractivity contribution in [2.75, 3.05) is 11.9 Å². The van der Waals surface area contributed by atoms with Crippen LogP contribution in [0.25, 0.3) is 0 Å². The molecule has 7 nitrogen and oxygen atoms in total. The summed E-state index contributed by atoms with van der Waals surface area (Å²) in [6, 6.07) is 7.83. The number of ether oxygens (including phenoxy) is 1. The third kappa shape index (κ3) is 4.77. The van der Waals surface area contributed by atoms with Gasteiger partial charge in [0, 0.05) is 6.54 Å². The Bertz CT molecular complexity index is 624. The molecule has 0 saturated heterocycles. The second-order valence-electron chi connectivity index (χ2n) is 5.44. The number of benzene rings is 1. The highest BCUT2D eigenvalue weighted by Crippen LogP contribution is 2.21. The number of nitrogens with one attached hydrogen (secondary N) is 1. The minimum Gasteiger partial charge on any atom is -0.484 e. The highest BCUT2D eigenvalue weighted by atomic mass is 16.5. The van der Waals surface area contributed by atoms with E-state index in [4.69, 9.17) is 4.74 Å². The van der Waals surface area contributed by atoms with Crippen LogP contribution in [0.4, 0.5) is 5.95 Å². The molecular weight excluding hydrogens is 294 g/mol. The molecule has 1 aromatic heterocycles. The third-order valence-corrected chi connectivity index (χ3v) is 3.65. The second kappa shape index (κ2) is 8.26. The van der Waals surface area contributed by atoms with Crippen LogP contribution in [0.2, 0.25) is 0 Å². The van der Waals surface area contributed by atoms with Crippen LogP contribution in [0.15, 0.2) is 24.3 Å². The molecule has 0 aliphatic carbocycles. The predicted molar refractivity (Wildman–Crippen MR) is 87.4 cm³/mol. The molecule has 1 atom stereocenters. The van der Waals surface area contributed by atoms with Gasteiger partial charge in [-0.05, 0) is 46.9 Å². The Morgan fingerprint density at radius 3 is 2.70 bits per heavy atom. The minimum absolute atomic E-state index is 0.0817. The zero-order valence-corrected chi connectivity index (χ0v) is 13.8. The number of tetrazole rings is 1. The van der Waals surface area contributed by atoms with E-state index in [0.29, 0.717) is 24.2 Å². The van der Waals surface area contributed by atoms with Crippen LogP contribution >= 0.6 is 0 Å². The molecule has 2 rings (SSSR count). The van der Waals surface area contributed by atoms with Crippen LogP contribution in [0.3, 0.4) is 0 Å². The van der Waals surface area contributed by atoms with Crippen molar-refractivity contribution in [2.45, 2.75) is 46.1 Å². The number of carbonyl (C=O) groups excluding carboxylic acids is 1. The normalized spacial score (nSPS) is 12.0. The quantitative estimate of drug-likeness (QED) is 0.809. The topological polar surface area (TPSA) is 81.9 Å². The standard InChI is InChI=1S/C16H23N5O2/c1-4-10-21-16(18-19-20-21)17-15(22)11-23-14-8-6-13(7-9-14)12(3)5-2/h6-9,12H,4-5,10-11H2,1-3H3,(H,17,18,20,22). The maximum atomic E-state index is 11.9. The van der Waals surface area contributed by atoms with E-state index in [1.807, 2.05) is 31.2 Å². The van der Waals surface area contributed by atoms with Gasteiger partial charge in [0.2, 0.25) is 5.95 Å². The molecular formula is C16H23N5O2. The van der Waals surface area contributed by atoms with Gasteiger partial charge in [-0.1, -0.05) is 38.0 Å². The van der Waals surface area contributed by atoms with Gasteiger partial charge in [0.1, 0.15) is 5.75 Å². The number of rotatable bonds is 8. The first-order valence-corrected chi connectivity index (χ1v) is 7.92. The van der Waals surface area contributed by atoms with Crippen molar-refractivity contribution in [2.24, 2.45) is 0 Å². The molecule has 7 heteroatoms. The molecule has 1 heterocycles. The van der Waals surface area contributed by atoms with Crippen molar-refractivity contribution in [3.05, 3.63) is 29.8 Å². The van der Waals surface area contributed by atoms with Gasteiger partial charge in [-0.25, -0.2) is 4.68 Å². The number of anilines is 1. The fourth-order valence-corrected chi connectivity index (χ4v) is 2.09. The monoisotopic (exact) mass is 317 g/mol. The van der Waals surface area contributed by atoms with E-state index < -0.39 is 0 Å². The molecule has 1 aromatic carbocycles. The molecule has 0 radical (unpaired) electrons. The summed E-state index contributed by atoms with van der Waals surface area (Å²) in [7, 11) is 0. The molecule has 0 spiro atoms. The summed E-state index contributed by atoms with van der Waals surface area (Å²) in [4.78, 5) is 11.9.